The van der Waals surface area contributed by atoms with Gasteiger partial charge in [0.2, 0.25) is 0 Å². The van der Waals surface area contributed by atoms with Crippen LogP contribution in [-0.4, -0.2) is 37.4 Å². The van der Waals surface area contributed by atoms with Gasteiger partial charge >= 0.3 is 5.97 Å². The molecule has 0 saturated heterocycles. The monoisotopic (exact) mass is 259 g/mol. The highest BCUT2D eigenvalue weighted by Crippen LogP contribution is 2.01. The van der Waals surface area contributed by atoms with E-state index in [1.807, 2.05) is 6.92 Å². The smallest absolute Gasteiger partial charge is 0.305 e. The van der Waals surface area contributed by atoms with E-state index in [2.05, 4.69) is 5.32 Å². The van der Waals surface area contributed by atoms with Gasteiger partial charge in [0.05, 0.1) is 6.61 Å². The van der Waals surface area contributed by atoms with Crippen molar-refractivity contribution >= 4 is 5.97 Å². The number of ether oxygens (including phenoxy) is 1. The molecule has 0 fully saturated rings. The minimum absolute atomic E-state index is 0.0747. The van der Waals surface area contributed by atoms with Crippen LogP contribution in [0.3, 0.4) is 0 Å². The van der Waals surface area contributed by atoms with E-state index >= 15 is 0 Å². The molecule has 0 heterocycles. The summed E-state index contributed by atoms with van der Waals surface area (Å²) in [6.07, 6.45) is 8.10. The van der Waals surface area contributed by atoms with Crippen LogP contribution in [0.25, 0.3) is 0 Å². The molecule has 0 aromatic rings. The van der Waals surface area contributed by atoms with Gasteiger partial charge in [0.1, 0.15) is 0 Å². The molecule has 18 heavy (non-hydrogen) atoms. The molecule has 0 aromatic carbocycles. The molecule has 0 amide bonds. The van der Waals surface area contributed by atoms with Crippen LogP contribution in [0, 0.1) is 0 Å². The van der Waals surface area contributed by atoms with Gasteiger partial charge in [-0.15, -0.1) is 0 Å². The Balaban J connectivity index is 3.01. The predicted molar refractivity (Wildman–Crippen MR) is 73.5 cm³/mol. The molecule has 0 bridgehead atoms. The summed E-state index contributed by atoms with van der Waals surface area (Å²) >= 11 is 0. The fourth-order valence-electron chi connectivity index (χ4n) is 1.77. The van der Waals surface area contributed by atoms with Gasteiger partial charge in [0.25, 0.3) is 0 Å². The first-order valence-corrected chi connectivity index (χ1v) is 7.28. The van der Waals surface area contributed by atoms with E-state index in [0.29, 0.717) is 19.6 Å². The molecular weight excluding hydrogens is 230 g/mol. The van der Waals surface area contributed by atoms with Crippen molar-refractivity contribution in [2.45, 2.75) is 58.3 Å². The second-order valence-corrected chi connectivity index (χ2v) is 4.50. The summed E-state index contributed by atoms with van der Waals surface area (Å²) in [5.41, 5.74) is 0. The van der Waals surface area contributed by atoms with E-state index in [1.54, 1.807) is 0 Å². The Kier molecular flexibility index (Phi) is 14.0. The van der Waals surface area contributed by atoms with Crippen LogP contribution in [-0.2, 0) is 9.53 Å². The van der Waals surface area contributed by atoms with Gasteiger partial charge < -0.3 is 15.2 Å². The number of hydrogen-bond acceptors (Lipinski definition) is 4. The molecule has 0 saturated carbocycles. The van der Waals surface area contributed by atoms with E-state index in [0.717, 1.165) is 45.2 Å². The van der Waals surface area contributed by atoms with Crippen molar-refractivity contribution in [3.05, 3.63) is 0 Å². The van der Waals surface area contributed by atoms with Gasteiger partial charge in [-0.1, -0.05) is 19.3 Å². The van der Waals surface area contributed by atoms with Gasteiger partial charge in [0.15, 0.2) is 0 Å². The molecule has 0 aromatic heterocycles. The number of unbranched alkanes of at least 4 members (excludes halogenated alkanes) is 5. The van der Waals surface area contributed by atoms with Crippen molar-refractivity contribution < 1.29 is 14.6 Å². The zero-order valence-corrected chi connectivity index (χ0v) is 11.7. The number of carbonyl (C=O) groups excluding carboxylic acids is 1. The summed E-state index contributed by atoms with van der Waals surface area (Å²) in [5, 5.41) is 12.0. The highest BCUT2D eigenvalue weighted by molar-refractivity contribution is 5.69. The molecule has 0 aliphatic carbocycles. The molecular formula is C14H29NO3. The number of aliphatic hydroxyl groups is 1. The standard InChI is InChI=1S/C14H29NO3/c1-2-18-14(17)10-6-5-8-12-15-11-7-3-4-9-13-16/h15-16H,2-13H2,1H3. The number of rotatable bonds is 13. The van der Waals surface area contributed by atoms with E-state index in [1.165, 1.54) is 12.8 Å². The molecule has 0 aliphatic rings. The van der Waals surface area contributed by atoms with E-state index in [4.69, 9.17) is 9.84 Å². The summed E-state index contributed by atoms with van der Waals surface area (Å²) in [6.45, 7) is 4.72. The third-order valence-corrected chi connectivity index (χ3v) is 2.80. The van der Waals surface area contributed by atoms with Gasteiger partial charge in [-0.25, -0.2) is 0 Å². The molecule has 0 rings (SSSR count). The first kappa shape index (κ1) is 17.4. The van der Waals surface area contributed by atoms with Gasteiger partial charge in [-0.2, -0.15) is 0 Å². The zero-order valence-electron chi connectivity index (χ0n) is 11.7. The van der Waals surface area contributed by atoms with E-state index in [-0.39, 0.29) is 5.97 Å². The molecule has 0 spiro atoms. The summed E-state index contributed by atoms with van der Waals surface area (Å²) in [4.78, 5) is 11.0. The molecule has 0 aliphatic heterocycles. The first-order chi connectivity index (χ1) is 8.81. The van der Waals surface area contributed by atoms with Gasteiger partial charge in [-0.05, 0) is 45.7 Å². The van der Waals surface area contributed by atoms with Crippen LogP contribution in [0.15, 0.2) is 0 Å². The van der Waals surface area contributed by atoms with Crippen LogP contribution in [0.2, 0.25) is 0 Å². The zero-order chi connectivity index (χ0) is 13.5. The minimum Gasteiger partial charge on any atom is -0.466 e. The summed E-state index contributed by atoms with van der Waals surface area (Å²) in [7, 11) is 0. The van der Waals surface area contributed by atoms with Gasteiger partial charge in [0, 0.05) is 13.0 Å². The fraction of sp³-hybridized carbons (Fsp3) is 0.929. The first-order valence-electron chi connectivity index (χ1n) is 7.28. The van der Waals surface area contributed by atoms with Crippen molar-refractivity contribution in [1.82, 2.24) is 5.32 Å². The molecule has 0 radical (unpaired) electrons. The number of aliphatic hydroxyl groups excluding tert-OH is 1. The van der Waals surface area contributed by atoms with Crippen LogP contribution in [0.1, 0.15) is 58.3 Å². The maximum atomic E-state index is 11.0. The molecule has 4 heteroatoms. The van der Waals surface area contributed by atoms with Crippen molar-refractivity contribution in [2.24, 2.45) is 0 Å². The van der Waals surface area contributed by atoms with Crippen LogP contribution in [0.4, 0.5) is 0 Å². The van der Waals surface area contributed by atoms with Crippen molar-refractivity contribution in [1.29, 1.82) is 0 Å². The highest BCUT2D eigenvalue weighted by atomic mass is 16.5. The Morgan fingerprint density at radius 2 is 1.61 bits per heavy atom. The summed E-state index contributed by atoms with van der Waals surface area (Å²) in [5.74, 6) is -0.0747. The number of nitrogens with one attached hydrogen (secondary N) is 1. The Morgan fingerprint density at radius 3 is 2.22 bits per heavy atom. The maximum absolute atomic E-state index is 11.0. The van der Waals surface area contributed by atoms with Crippen LogP contribution < -0.4 is 5.32 Å². The Bertz CT molecular complexity index is 186. The SMILES string of the molecule is CCOC(=O)CCCCCNCCCCCCO. The van der Waals surface area contributed by atoms with Crippen molar-refractivity contribution in [2.75, 3.05) is 26.3 Å². The maximum Gasteiger partial charge on any atom is 0.305 e. The minimum atomic E-state index is -0.0747. The van der Waals surface area contributed by atoms with E-state index < -0.39 is 0 Å². The third kappa shape index (κ3) is 13.5. The lowest BCUT2D eigenvalue weighted by atomic mass is 10.2. The highest BCUT2D eigenvalue weighted by Gasteiger charge is 2.00. The molecule has 4 nitrogen and oxygen atoms in total. The average Bonchev–Trinajstić information content (AvgIpc) is 2.36. The lowest BCUT2D eigenvalue weighted by Crippen LogP contribution is -2.16. The summed E-state index contributed by atoms with van der Waals surface area (Å²) in [6, 6.07) is 0. The van der Waals surface area contributed by atoms with Crippen molar-refractivity contribution in [3.8, 4) is 0 Å². The second-order valence-electron chi connectivity index (χ2n) is 4.50. The average molecular weight is 259 g/mol. The normalized spacial score (nSPS) is 10.6. The molecule has 108 valence electrons. The molecule has 2 N–H and O–H groups in total. The lowest BCUT2D eigenvalue weighted by molar-refractivity contribution is -0.143. The number of carbonyl (C=O) groups is 1. The Hall–Kier alpha value is -0.610. The quantitative estimate of drug-likeness (QED) is 0.393. The predicted octanol–water partition coefficient (Wildman–Crippen LogP) is 2.25. The topological polar surface area (TPSA) is 58.6 Å². The molecule has 0 atom stereocenters. The van der Waals surface area contributed by atoms with E-state index in [9.17, 15) is 4.79 Å². The fourth-order valence-corrected chi connectivity index (χ4v) is 1.77. The number of hydrogen-bond donors (Lipinski definition) is 2. The van der Waals surface area contributed by atoms with Crippen LogP contribution in [0.5, 0.6) is 0 Å². The Labute approximate surface area is 111 Å². The lowest BCUT2D eigenvalue weighted by Gasteiger charge is -2.05. The summed E-state index contributed by atoms with van der Waals surface area (Å²) < 4.78 is 4.86. The Morgan fingerprint density at radius 1 is 1.00 bits per heavy atom. The van der Waals surface area contributed by atoms with Gasteiger partial charge in [-0.3, -0.25) is 4.79 Å². The largest absolute Gasteiger partial charge is 0.466 e. The number of esters is 1. The third-order valence-electron chi connectivity index (χ3n) is 2.80. The molecule has 0 unspecified atom stereocenters. The van der Waals surface area contributed by atoms with Crippen LogP contribution >= 0.6 is 0 Å². The van der Waals surface area contributed by atoms with Crippen molar-refractivity contribution in [3.63, 3.8) is 0 Å². The second kappa shape index (κ2) is 14.5.